The molecule has 27 heavy (non-hydrogen) atoms. The van der Waals surface area contributed by atoms with Gasteiger partial charge in [-0.25, -0.2) is 13.2 Å². The van der Waals surface area contributed by atoms with Crippen molar-refractivity contribution in [3.05, 3.63) is 52.5 Å². The van der Waals surface area contributed by atoms with E-state index in [4.69, 9.17) is 0 Å². The number of carbonyl (C=O) groups is 1. The zero-order chi connectivity index (χ0) is 20.4. The fraction of sp³-hybridized carbons (Fsp3) is 0.188. The van der Waals surface area contributed by atoms with Gasteiger partial charge in [0.2, 0.25) is 0 Å². The summed E-state index contributed by atoms with van der Waals surface area (Å²) in [5.41, 5.74) is 0.320. The number of benzene rings is 2. The second-order valence-electron chi connectivity index (χ2n) is 5.15. The summed E-state index contributed by atoms with van der Waals surface area (Å²) in [6, 6.07) is 8.52. The molecule has 0 aliphatic rings. The Balaban J connectivity index is 2.44. The Morgan fingerprint density at radius 2 is 1.70 bits per heavy atom. The van der Waals surface area contributed by atoms with Crippen molar-refractivity contribution < 1.29 is 35.9 Å². The fourth-order valence-corrected chi connectivity index (χ4v) is 3.74. The van der Waals surface area contributed by atoms with Crippen LogP contribution in [0.1, 0.15) is 10.4 Å². The second kappa shape index (κ2) is 7.77. The van der Waals surface area contributed by atoms with Crippen LogP contribution in [0.25, 0.3) is 0 Å². The summed E-state index contributed by atoms with van der Waals surface area (Å²) in [6.45, 7) is 0. The van der Waals surface area contributed by atoms with E-state index >= 15 is 0 Å². The number of methoxy groups -OCH3 is 1. The van der Waals surface area contributed by atoms with Gasteiger partial charge in [0.15, 0.2) is 5.75 Å². The minimum Gasteiger partial charge on any atom is -0.465 e. The topological polar surface area (TPSA) is 72.9 Å². The first-order valence-corrected chi connectivity index (χ1v) is 9.41. The highest BCUT2D eigenvalue weighted by Gasteiger charge is 2.35. The zero-order valence-corrected chi connectivity index (χ0v) is 16.4. The summed E-state index contributed by atoms with van der Waals surface area (Å²) in [7, 11) is -2.01. The molecule has 2 rings (SSSR count). The highest BCUT2D eigenvalue weighted by Crippen LogP contribution is 2.34. The maximum atomic E-state index is 12.8. The van der Waals surface area contributed by atoms with Crippen molar-refractivity contribution >= 4 is 37.6 Å². The Bertz CT molecular complexity index is 946. The number of halogens is 4. The lowest BCUT2D eigenvalue weighted by molar-refractivity contribution is -0.275. The van der Waals surface area contributed by atoms with Gasteiger partial charge in [0.05, 0.1) is 18.4 Å². The lowest BCUT2D eigenvalue weighted by Crippen LogP contribution is -2.28. The average molecular weight is 468 g/mol. The van der Waals surface area contributed by atoms with E-state index in [1.165, 1.54) is 44.5 Å². The van der Waals surface area contributed by atoms with E-state index < -0.39 is 33.0 Å². The monoisotopic (exact) mass is 467 g/mol. The van der Waals surface area contributed by atoms with Crippen LogP contribution in [0.3, 0.4) is 0 Å². The molecule has 11 heteroatoms. The molecule has 0 saturated carbocycles. The van der Waals surface area contributed by atoms with Crippen molar-refractivity contribution in [2.75, 3.05) is 18.5 Å². The number of hydrogen-bond donors (Lipinski definition) is 0. The van der Waals surface area contributed by atoms with E-state index in [0.29, 0.717) is 0 Å². The molecule has 0 amide bonds. The predicted octanol–water partition coefficient (Wildman–Crippen LogP) is 3.96. The molecule has 2 aromatic rings. The molecular formula is C16H13BrF3NO5S. The number of hydrogen-bond acceptors (Lipinski definition) is 5. The molecule has 0 aliphatic heterocycles. The van der Waals surface area contributed by atoms with Crippen LogP contribution in [0.5, 0.6) is 5.75 Å². The van der Waals surface area contributed by atoms with Gasteiger partial charge in [-0.15, -0.1) is 13.2 Å². The summed E-state index contributed by atoms with van der Waals surface area (Å²) >= 11 is 2.98. The van der Waals surface area contributed by atoms with Gasteiger partial charge in [0, 0.05) is 11.5 Å². The smallest absolute Gasteiger partial charge is 0.465 e. The predicted molar refractivity (Wildman–Crippen MR) is 94.2 cm³/mol. The highest BCUT2D eigenvalue weighted by atomic mass is 79.9. The number of rotatable bonds is 5. The number of esters is 1. The molecule has 0 unspecified atom stereocenters. The quantitative estimate of drug-likeness (QED) is 0.622. The lowest BCUT2D eigenvalue weighted by atomic mass is 10.2. The van der Waals surface area contributed by atoms with Crippen molar-refractivity contribution in [3.8, 4) is 5.75 Å². The summed E-state index contributed by atoms with van der Waals surface area (Å²) in [4.78, 5) is 10.8. The molecule has 0 heterocycles. The molecule has 0 N–H and O–H groups in total. The van der Waals surface area contributed by atoms with Crippen molar-refractivity contribution in [3.63, 3.8) is 0 Å². The fourth-order valence-electron chi connectivity index (χ4n) is 2.11. The first-order chi connectivity index (χ1) is 12.5. The number of nitrogens with zero attached hydrogens (tertiary/aromatic N) is 1. The second-order valence-corrected chi connectivity index (χ2v) is 8.00. The lowest BCUT2D eigenvalue weighted by Gasteiger charge is -2.22. The minimum atomic E-state index is -5.06. The van der Waals surface area contributed by atoms with Gasteiger partial charge in [-0.05, 0) is 42.5 Å². The van der Waals surface area contributed by atoms with Crippen molar-refractivity contribution in [2.45, 2.75) is 11.3 Å². The molecule has 0 saturated heterocycles. The largest absolute Gasteiger partial charge is 0.573 e. The third-order valence-electron chi connectivity index (χ3n) is 3.42. The molecule has 0 aliphatic carbocycles. The van der Waals surface area contributed by atoms with Gasteiger partial charge >= 0.3 is 12.3 Å². The summed E-state index contributed by atoms with van der Waals surface area (Å²) in [6.07, 6.45) is -5.06. The SMILES string of the molecule is COC(=O)c1ccc(N(C)S(=O)(=O)c2ccc(Br)cc2OC(F)(F)F)cc1. The first kappa shape index (κ1) is 21.0. The Hall–Kier alpha value is -2.27. The molecule has 0 spiro atoms. The van der Waals surface area contributed by atoms with E-state index in [0.717, 1.165) is 16.4 Å². The van der Waals surface area contributed by atoms with Gasteiger partial charge in [0.1, 0.15) is 4.90 Å². The van der Waals surface area contributed by atoms with Crippen molar-refractivity contribution in [2.24, 2.45) is 0 Å². The number of ether oxygens (including phenoxy) is 2. The summed E-state index contributed by atoms with van der Waals surface area (Å²) < 4.78 is 72.9. The summed E-state index contributed by atoms with van der Waals surface area (Å²) in [5, 5.41) is 0. The van der Waals surface area contributed by atoms with E-state index in [1.54, 1.807) is 0 Å². The number of alkyl halides is 3. The van der Waals surface area contributed by atoms with Gasteiger partial charge in [-0.1, -0.05) is 15.9 Å². The van der Waals surface area contributed by atoms with E-state index in [2.05, 4.69) is 25.4 Å². The number of anilines is 1. The third kappa shape index (κ3) is 4.92. The van der Waals surface area contributed by atoms with E-state index in [9.17, 15) is 26.4 Å². The molecule has 2 aromatic carbocycles. The van der Waals surface area contributed by atoms with Gasteiger partial charge in [0.25, 0.3) is 10.0 Å². The van der Waals surface area contributed by atoms with Crippen LogP contribution in [0.15, 0.2) is 51.8 Å². The van der Waals surface area contributed by atoms with Crippen LogP contribution in [0, 0.1) is 0 Å². The molecule has 0 atom stereocenters. The Kier molecular flexibility index (Phi) is 6.05. The van der Waals surface area contributed by atoms with Crippen LogP contribution in [-0.2, 0) is 14.8 Å². The number of sulfonamides is 1. The van der Waals surface area contributed by atoms with E-state index in [1.807, 2.05) is 0 Å². The van der Waals surface area contributed by atoms with Crippen LogP contribution < -0.4 is 9.04 Å². The molecule has 0 fully saturated rings. The Morgan fingerprint density at radius 3 is 2.22 bits per heavy atom. The third-order valence-corrected chi connectivity index (χ3v) is 5.74. The van der Waals surface area contributed by atoms with Crippen molar-refractivity contribution in [1.82, 2.24) is 0 Å². The molecular weight excluding hydrogens is 455 g/mol. The molecule has 0 radical (unpaired) electrons. The molecule has 0 aromatic heterocycles. The van der Waals surface area contributed by atoms with Crippen LogP contribution in [0.4, 0.5) is 18.9 Å². The van der Waals surface area contributed by atoms with Gasteiger partial charge < -0.3 is 9.47 Å². The zero-order valence-electron chi connectivity index (χ0n) is 14.0. The first-order valence-electron chi connectivity index (χ1n) is 7.18. The Labute approximate surface area is 161 Å². The molecule has 6 nitrogen and oxygen atoms in total. The molecule has 0 bridgehead atoms. The maximum absolute atomic E-state index is 12.8. The van der Waals surface area contributed by atoms with Crippen molar-refractivity contribution in [1.29, 1.82) is 0 Å². The summed E-state index contributed by atoms with van der Waals surface area (Å²) in [5.74, 6) is -1.48. The van der Waals surface area contributed by atoms with Gasteiger partial charge in [-0.3, -0.25) is 4.31 Å². The number of carbonyl (C=O) groups excluding carboxylic acids is 1. The van der Waals surface area contributed by atoms with E-state index in [-0.39, 0.29) is 15.7 Å². The Morgan fingerprint density at radius 1 is 1.11 bits per heavy atom. The standard InChI is InChI=1S/C16H13BrF3NO5S/c1-21(12-6-3-10(4-7-12)15(22)25-2)27(23,24)14-8-5-11(17)9-13(14)26-16(18,19)20/h3-9H,1-2H3. The van der Waals surface area contributed by atoms with Crippen LogP contribution in [0.2, 0.25) is 0 Å². The van der Waals surface area contributed by atoms with Gasteiger partial charge in [-0.2, -0.15) is 0 Å². The van der Waals surface area contributed by atoms with Crippen LogP contribution >= 0.6 is 15.9 Å². The maximum Gasteiger partial charge on any atom is 0.573 e. The van der Waals surface area contributed by atoms with Crippen LogP contribution in [-0.4, -0.2) is 34.9 Å². The molecule has 146 valence electrons. The highest BCUT2D eigenvalue weighted by molar-refractivity contribution is 9.10. The normalized spacial score (nSPS) is 11.8. The average Bonchev–Trinajstić information content (AvgIpc) is 2.59. The minimum absolute atomic E-state index is 0.128.